The van der Waals surface area contributed by atoms with Crippen LogP contribution in [0.3, 0.4) is 0 Å². The zero-order chi connectivity index (χ0) is 25.4. The zero-order valence-corrected chi connectivity index (χ0v) is 21.3. The molecule has 0 saturated carbocycles. The molecule has 0 radical (unpaired) electrons. The van der Waals surface area contributed by atoms with Crippen LogP contribution < -0.4 is 24.4 Å². The van der Waals surface area contributed by atoms with Crippen molar-refractivity contribution in [3.8, 4) is 17.2 Å². The number of carbonyl (C=O) groups excluding carboxylic acids is 3. The molecule has 4 amide bonds. The summed E-state index contributed by atoms with van der Waals surface area (Å²) in [7, 11) is 0. The average Bonchev–Trinajstić information content (AvgIpc) is 3.30. The summed E-state index contributed by atoms with van der Waals surface area (Å²) in [6.45, 7) is 0.256. The first kappa shape index (κ1) is 24.2. The Labute approximate surface area is 223 Å². The highest BCUT2D eigenvalue weighted by Crippen LogP contribution is 2.36. The van der Waals surface area contributed by atoms with Crippen molar-refractivity contribution in [3.63, 3.8) is 0 Å². The smallest absolute Gasteiger partial charge is 0.335 e. The predicted molar refractivity (Wildman–Crippen MR) is 137 cm³/mol. The second-order valence-corrected chi connectivity index (χ2v) is 9.41. The molecular weight excluding hydrogens is 575 g/mol. The lowest BCUT2D eigenvalue weighted by atomic mass is 10.1. The van der Waals surface area contributed by atoms with E-state index < -0.39 is 17.8 Å². The standard InChI is InChI=1S/C25H15BrCl2N2O6/c26-18-8-13(1-5-20(18)34-11-14-2-3-15(27)9-19(14)28)7-17-23(31)29-25(33)30(24(17)32)16-4-6-21-22(10-16)36-12-35-21/h1-10H,11-12H2,(H,29,31,33)/b17-7+. The number of anilines is 1. The Morgan fingerprint density at radius 1 is 1.00 bits per heavy atom. The van der Waals surface area contributed by atoms with E-state index in [0.29, 0.717) is 37.3 Å². The van der Waals surface area contributed by atoms with Gasteiger partial charge in [-0.15, -0.1) is 0 Å². The number of nitrogens with one attached hydrogen (secondary N) is 1. The summed E-state index contributed by atoms with van der Waals surface area (Å²) >= 11 is 15.6. The number of fused-ring (bicyclic) bond motifs is 1. The minimum absolute atomic E-state index is 0.0455. The fraction of sp³-hybridized carbons (Fsp3) is 0.0800. The molecule has 3 aromatic rings. The molecule has 0 spiro atoms. The van der Waals surface area contributed by atoms with E-state index in [1.807, 2.05) is 0 Å². The Hall–Kier alpha value is -3.53. The topological polar surface area (TPSA) is 94.2 Å². The number of imide groups is 2. The summed E-state index contributed by atoms with van der Waals surface area (Å²) < 4.78 is 17.0. The Morgan fingerprint density at radius 3 is 2.58 bits per heavy atom. The van der Waals surface area contributed by atoms with Crippen molar-refractivity contribution < 1.29 is 28.6 Å². The summed E-state index contributed by atoms with van der Waals surface area (Å²) in [5.41, 5.74) is 1.33. The summed E-state index contributed by atoms with van der Waals surface area (Å²) in [5.74, 6) is -0.136. The highest BCUT2D eigenvalue weighted by Gasteiger charge is 2.37. The van der Waals surface area contributed by atoms with Gasteiger partial charge in [-0.05, 0) is 64.0 Å². The number of halogens is 3. The van der Waals surface area contributed by atoms with E-state index in [1.54, 1.807) is 42.5 Å². The Kier molecular flexibility index (Phi) is 6.61. The molecule has 1 saturated heterocycles. The van der Waals surface area contributed by atoms with Gasteiger partial charge in [0.25, 0.3) is 11.8 Å². The minimum atomic E-state index is -0.855. The number of hydrogen-bond acceptors (Lipinski definition) is 6. The molecule has 11 heteroatoms. The number of barbiturate groups is 1. The van der Waals surface area contributed by atoms with Crippen LogP contribution in [0.4, 0.5) is 10.5 Å². The number of urea groups is 1. The number of hydrogen-bond donors (Lipinski definition) is 1. The molecule has 2 aliphatic rings. The summed E-state index contributed by atoms with van der Waals surface area (Å²) in [4.78, 5) is 39.0. The van der Waals surface area contributed by atoms with Crippen LogP contribution in [-0.4, -0.2) is 24.6 Å². The van der Waals surface area contributed by atoms with Crippen LogP contribution in [0.15, 0.2) is 64.6 Å². The van der Waals surface area contributed by atoms with Crippen molar-refractivity contribution in [1.82, 2.24) is 5.32 Å². The van der Waals surface area contributed by atoms with E-state index in [-0.39, 0.29) is 24.7 Å². The molecule has 36 heavy (non-hydrogen) atoms. The van der Waals surface area contributed by atoms with Crippen molar-refractivity contribution in [1.29, 1.82) is 0 Å². The van der Waals surface area contributed by atoms with E-state index in [9.17, 15) is 14.4 Å². The molecule has 0 aromatic heterocycles. The van der Waals surface area contributed by atoms with Gasteiger partial charge in [0.05, 0.1) is 10.2 Å². The number of carbonyl (C=O) groups is 3. The predicted octanol–water partition coefficient (Wildman–Crippen LogP) is 5.73. The molecule has 182 valence electrons. The summed E-state index contributed by atoms with van der Waals surface area (Å²) in [6.07, 6.45) is 1.40. The molecule has 2 heterocycles. The molecule has 8 nitrogen and oxygen atoms in total. The minimum Gasteiger partial charge on any atom is -0.488 e. The normalized spacial score (nSPS) is 15.9. The molecule has 0 aliphatic carbocycles. The Morgan fingerprint density at radius 2 is 1.81 bits per heavy atom. The number of ether oxygens (including phenoxy) is 3. The van der Waals surface area contributed by atoms with Gasteiger partial charge < -0.3 is 14.2 Å². The van der Waals surface area contributed by atoms with Crippen LogP contribution in [0.25, 0.3) is 6.08 Å². The van der Waals surface area contributed by atoms with E-state index in [4.69, 9.17) is 37.4 Å². The van der Waals surface area contributed by atoms with Crippen LogP contribution in [0, 0.1) is 0 Å². The highest BCUT2D eigenvalue weighted by atomic mass is 79.9. The Balaban J connectivity index is 1.37. The third-order valence-corrected chi connectivity index (χ3v) is 6.59. The van der Waals surface area contributed by atoms with Gasteiger partial charge in [0.2, 0.25) is 6.79 Å². The van der Waals surface area contributed by atoms with Crippen LogP contribution in [-0.2, 0) is 16.2 Å². The van der Waals surface area contributed by atoms with Gasteiger partial charge in [-0.1, -0.05) is 35.3 Å². The summed E-state index contributed by atoms with van der Waals surface area (Å²) in [6, 6.07) is 14.0. The SMILES string of the molecule is O=C1NC(=O)N(c2ccc3c(c2)OCO3)C(=O)/C1=C/c1ccc(OCc2ccc(Cl)cc2Cl)c(Br)c1. The monoisotopic (exact) mass is 588 g/mol. The van der Waals surface area contributed by atoms with Gasteiger partial charge in [0.1, 0.15) is 17.9 Å². The molecule has 0 bridgehead atoms. The van der Waals surface area contributed by atoms with Gasteiger partial charge in [-0.2, -0.15) is 0 Å². The maximum absolute atomic E-state index is 13.2. The number of benzene rings is 3. The Bertz CT molecular complexity index is 1460. The molecule has 1 N–H and O–H groups in total. The van der Waals surface area contributed by atoms with Crippen LogP contribution >= 0.6 is 39.1 Å². The van der Waals surface area contributed by atoms with Crippen LogP contribution in [0.5, 0.6) is 17.2 Å². The van der Waals surface area contributed by atoms with Crippen molar-refractivity contribution in [2.24, 2.45) is 0 Å². The highest BCUT2D eigenvalue weighted by molar-refractivity contribution is 9.10. The lowest BCUT2D eigenvalue weighted by Gasteiger charge is -2.26. The van der Waals surface area contributed by atoms with Crippen molar-refractivity contribution >= 4 is 68.7 Å². The first-order chi connectivity index (χ1) is 17.3. The van der Waals surface area contributed by atoms with Crippen LogP contribution in [0.2, 0.25) is 10.0 Å². The summed E-state index contributed by atoms with van der Waals surface area (Å²) in [5, 5.41) is 3.22. The van der Waals surface area contributed by atoms with Gasteiger partial charge in [-0.3, -0.25) is 14.9 Å². The molecule has 0 atom stereocenters. The quantitative estimate of drug-likeness (QED) is 0.302. The van der Waals surface area contributed by atoms with Gasteiger partial charge >= 0.3 is 6.03 Å². The number of nitrogens with zero attached hydrogens (tertiary/aromatic N) is 1. The zero-order valence-electron chi connectivity index (χ0n) is 18.2. The van der Waals surface area contributed by atoms with Crippen molar-refractivity contribution in [2.75, 3.05) is 11.7 Å². The van der Waals surface area contributed by atoms with Gasteiger partial charge in [0, 0.05) is 21.7 Å². The fourth-order valence-electron chi connectivity index (χ4n) is 3.60. The largest absolute Gasteiger partial charge is 0.488 e. The first-order valence-electron chi connectivity index (χ1n) is 10.5. The number of rotatable bonds is 5. The lowest BCUT2D eigenvalue weighted by Crippen LogP contribution is -2.54. The van der Waals surface area contributed by atoms with E-state index in [0.717, 1.165) is 10.5 Å². The van der Waals surface area contributed by atoms with Gasteiger partial charge in [0.15, 0.2) is 11.5 Å². The lowest BCUT2D eigenvalue weighted by molar-refractivity contribution is -0.122. The van der Waals surface area contributed by atoms with Crippen molar-refractivity contribution in [2.45, 2.75) is 6.61 Å². The van der Waals surface area contributed by atoms with Gasteiger partial charge in [-0.25, -0.2) is 9.69 Å². The number of amides is 4. The maximum Gasteiger partial charge on any atom is 0.335 e. The maximum atomic E-state index is 13.2. The van der Waals surface area contributed by atoms with Crippen LogP contribution in [0.1, 0.15) is 11.1 Å². The van der Waals surface area contributed by atoms with Crippen molar-refractivity contribution in [3.05, 3.63) is 85.8 Å². The molecule has 2 aliphatic heterocycles. The molecular formula is C25H15BrCl2N2O6. The first-order valence-corrected chi connectivity index (χ1v) is 12.0. The molecule has 3 aromatic carbocycles. The van der Waals surface area contributed by atoms with E-state index >= 15 is 0 Å². The third kappa shape index (κ3) is 4.77. The molecule has 0 unspecified atom stereocenters. The fourth-order valence-corrected chi connectivity index (χ4v) is 4.58. The molecule has 1 fully saturated rings. The van der Waals surface area contributed by atoms with E-state index in [1.165, 1.54) is 18.2 Å². The second kappa shape index (κ2) is 9.85. The third-order valence-electron chi connectivity index (χ3n) is 5.38. The molecule has 5 rings (SSSR count). The average molecular weight is 590 g/mol. The second-order valence-electron chi connectivity index (χ2n) is 7.71. The van der Waals surface area contributed by atoms with E-state index in [2.05, 4.69) is 21.2 Å².